The third-order valence-corrected chi connectivity index (χ3v) is 3.91. The van der Waals surface area contributed by atoms with Crippen molar-refractivity contribution >= 4 is 11.7 Å². The van der Waals surface area contributed by atoms with E-state index in [1.54, 1.807) is 6.20 Å². The fraction of sp³-hybridized carbons (Fsp3) is 0.333. The molecule has 0 saturated heterocycles. The Hall–Kier alpha value is -2.30. The molecule has 0 amide bonds. The molecule has 0 bridgehead atoms. The molecule has 1 aromatic carbocycles. The summed E-state index contributed by atoms with van der Waals surface area (Å²) in [5, 5.41) is 13.5. The summed E-state index contributed by atoms with van der Waals surface area (Å²) in [4.78, 5) is 13.5. The number of nitrogens with zero attached hydrogens (tertiary/aromatic N) is 3. The Morgan fingerprint density at radius 1 is 1.40 bits per heavy atom. The maximum absolute atomic E-state index is 11.4. The van der Waals surface area contributed by atoms with Crippen molar-refractivity contribution in [2.75, 3.05) is 18.0 Å². The average molecular weight is 271 g/mol. The number of hydrogen-bond donors (Lipinski definition) is 1. The van der Waals surface area contributed by atoms with Crippen LogP contribution in [0.25, 0.3) is 0 Å². The minimum atomic E-state index is -0.750. The Morgan fingerprint density at radius 3 is 2.90 bits per heavy atom. The van der Waals surface area contributed by atoms with E-state index in [0.29, 0.717) is 6.54 Å². The molecule has 1 aliphatic rings. The summed E-state index contributed by atoms with van der Waals surface area (Å²) in [5.41, 5.74) is 3.12. The van der Waals surface area contributed by atoms with E-state index in [4.69, 9.17) is 0 Å². The Morgan fingerprint density at radius 2 is 2.20 bits per heavy atom. The molecule has 3 rings (SSSR count). The Balaban J connectivity index is 1.78. The van der Waals surface area contributed by atoms with Crippen molar-refractivity contribution in [3.8, 4) is 0 Å². The zero-order valence-corrected chi connectivity index (χ0v) is 11.4. The summed E-state index contributed by atoms with van der Waals surface area (Å²) in [6.45, 7) is 1.35. The van der Waals surface area contributed by atoms with Crippen molar-refractivity contribution in [2.24, 2.45) is 7.05 Å². The largest absolute Gasteiger partial charge is 0.481 e. The van der Waals surface area contributed by atoms with Crippen LogP contribution in [-0.4, -0.2) is 33.9 Å². The van der Waals surface area contributed by atoms with Gasteiger partial charge >= 0.3 is 5.97 Å². The maximum atomic E-state index is 11.4. The molecule has 20 heavy (non-hydrogen) atoms. The van der Waals surface area contributed by atoms with Crippen LogP contribution in [0.2, 0.25) is 0 Å². The normalized spacial score (nSPS) is 17.2. The minimum Gasteiger partial charge on any atom is -0.481 e. The van der Waals surface area contributed by atoms with Gasteiger partial charge in [0.2, 0.25) is 0 Å². The summed E-state index contributed by atoms with van der Waals surface area (Å²) < 4.78 is 1.86. The fourth-order valence-corrected chi connectivity index (χ4v) is 2.81. The molecule has 0 saturated carbocycles. The van der Waals surface area contributed by atoms with Gasteiger partial charge in [0, 0.05) is 44.1 Å². The second-order valence-electron chi connectivity index (χ2n) is 5.09. The van der Waals surface area contributed by atoms with Gasteiger partial charge < -0.3 is 10.0 Å². The van der Waals surface area contributed by atoms with Crippen LogP contribution in [0.3, 0.4) is 0 Å². The van der Waals surface area contributed by atoms with Gasteiger partial charge in [-0.3, -0.25) is 9.48 Å². The van der Waals surface area contributed by atoms with Gasteiger partial charge in [0.25, 0.3) is 0 Å². The van der Waals surface area contributed by atoms with Crippen LogP contribution in [0.4, 0.5) is 5.69 Å². The number of fused-ring (bicyclic) bond motifs is 1. The van der Waals surface area contributed by atoms with Gasteiger partial charge in [-0.15, -0.1) is 0 Å². The van der Waals surface area contributed by atoms with E-state index in [0.717, 1.165) is 29.9 Å². The zero-order valence-electron chi connectivity index (χ0n) is 11.4. The molecule has 1 N–H and O–H groups in total. The molecule has 104 valence electrons. The highest BCUT2D eigenvalue weighted by atomic mass is 16.4. The number of carboxylic acid groups (broad SMARTS) is 1. The number of hydrogen-bond acceptors (Lipinski definition) is 3. The van der Waals surface area contributed by atoms with Crippen molar-refractivity contribution in [3.05, 3.63) is 47.8 Å². The van der Waals surface area contributed by atoms with Gasteiger partial charge in [0.05, 0.1) is 0 Å². The topological polar surface area (TPSA) is 58.4 Å². The third kappa shape index (κ3) is 2.15. The average Bonchev–Trinajstić information content (AvgIpc) is 3.00. The van der Waals surface area contributed by atoms with Crippen molar-refractivity contribution in [1.82, 2.24) is 9.78 Å². The van der Waals surface area contributed by atoms with Crippen LogP contribution in [0, 0.1) is 0 Å². The molecule has 1 aliphatic heterocycles. The van der Waals surface area contributed by atoms with Crippen LogP contribution in [0.1, 0.15) is 17.2 Å². The number of aryl methyl sites for hydroxylation is 1. The molecule has 5 heteroatoms. The first kappa shape index (κ1) is 12.7. The Bertz CT molecular complexity index is 636. The van der Waals surface area contributed by atoms with Crippen molar-refractivity contribution in [1.29, 1.82) is 0 Å². The number of aliphatic carboxylic acids is 1. The molecule has 0 fully saturated rings. The van der Waals surface area contributed by atoms with Crippen molar-refractivity contribution in [2.45, 2.75) is 12.3 Å². The molecule has 2 aromatic rings. The molecular weight excluding hydrogens is 254 g/mol. The van der Waals surface area contributed by atoms with Gasteiger partial charge in [-0.2, -0.15) is 5.10 Å². The number of carbonyl (C=O) groups is 1. The summed E-state index contributed by atoms with van der Waals surface area (Å²) in [6.07, 6.45) is 2.64. The van der Waals surface area contributed by atoms with Crippen LogP contribution in [0.15, 0.2) is 36.5 Å². The number of para-hydroxylation sites is 1. The first-order chi connectivity index (χ1) is 9.66. The monoisotopic (exact) mass is 271 g/mol. The van der Waals surface area contributed by atoms with Crippen LogP contribution >= 0.6 is 0 Å². The van der Waals surface area contributed by atoms with Crippen LogP contribution in [-0.2, 0) is 18.3 Å². The molecule has 1 atom stereocenters. The summed E-state index contributed by atoms with van der Waals surface area (Å²) in [7, 11) is 1.92. The van der Waals surface area contributed by atoms with E-state index in [9.17, 15) is 9.90 Å². The van der Waals surface area contributed by atoms with E-state index >= 15 is 0 Å². The molecular formula is C15H17N3O2. The smallest absolute Gasteiger partial charge is 0.312 e. The van der Waals surface area contributed by atoms with Crippen molar-refractivity contribution in [3.63, 3.8) is 0 Å². The molecule has 1 aromatic heterocycles. The highest BCUT2D eigenvalue weighted by Crippen LogP contribution is 2.36. The predicted molar refractivity (Wildman–Crippen MR) is 75.9 cm³/mol. The number of benzene rings is 1. The number of carboxylic acids is 1. The van der Waals surface area contributed by atoms with Gasteiger partial charge in [-0.1, -0.05) is 18.2 Å². The summed E-state index contributed by atoms with van der Waals surface area (Å²) in [6, 6.07) is 9.77. The van der Waals surface area contributed by atoms with Crippen LogP contribution in [0.5, 0.6) is 0 Å². The SMILES string of the molecule is Cn1nccc1CCN1CC(C(=O)O)c2ccccc21. The van der Waals surface area contributed by atoms with Gasteiger partial charge in [0.1, 0.15) is 5.92 Å². The van der Waals surface area contributed by atoms with Gasteiger partial charge in [0.15, 0.2) is 0 Å². The molecule has 2 heterocycles. The lowest BCUT2D eigenvalue weighted by Crippen LogP contribution is -2.27. The lowest BCUT2D eigenvalue weighted by atomic mass is 10.0. The summed E-state index contributed by atoms with van der Waals surface area (Å²) >= 11 is 0. The molecule has 0 radical (unpaired) electrons. The van der Waals surface area contributed by atoms with E-state index in [2.05, 4.69) is 10.00 Å². The van der Waals surface area contributed by atoms with Crippen LogP contribution < -0.4 is 4.90 Å². The molecule has 0 aliphatic carbocycles. The van der Waals surface area contributed by atoms with Gasteiger partial charge in [-0.05, 0) is 17.7 Å². The van der Waals surface area contributed by atoms with Crippen molar-refractivity contribution < 1.29 is 9.90 Å². The standard InChI is InChI=1S/C15H17N3O2/c1-17-11(6-8-16-17)7-9-18-10-13(15(19)20)12-4-2-3-5-14(12)18/h2-6,8,13H,7,9-10H2,1H3,(H,19,20). The lowest BCUT2D eigenvalue weighted by molar-refractivity contribution is -0.138. The zero-order chi connectivity index (χ0) is 14.1. The lowest BCUT2D eigenvalue weighted by Gasteiger charge is -2.19. The second-order valence-corrected chi connectivity index (χ2v) is 5.09. The third-order valence-electron chi connectivity index (χ3n) is 3.91. The fourth-order valence-electron chi connectivity index (χ4n) is 2.81. The van der Waals surface area contributed by atoms with E-state index in [1.807, 2.05) is 42.1 Å². The maximum Gasteiger partial charge on any atom is 0.312 e. The predicted octanol–water partition coefficient (Wildman–Crippen LogP) is 1.65. The highest BCUT2D eigenvalue weighted by Gasteiger charge is 2.32. The van der Waals surface area contributed by atoms with E-state index in [1.165, 1.54) is 0 Å². The minimum absolute atomic E-state index is 0.419. The molecule has 1 unspecified atom stereocenters. The first-order valence-corrected chi connectivity index (χ1v) is 6.70. The van der Waals surface area contributed by atoms with Gasteiger partial charge in [-0.25, -0.2) is 0 Å². The second kappa shape index (κ2) is 5.00. The Labute approximate surface area is 117 Å². The Kier molecular flexibility index (Phi) is 3.18. The van der Waals surface area contributed by atoms with E-state index < -0.39 is 11.9 Å². The first-order valence-electron chi connectivity index (χ1n) is 6.70. The number of rotatable bonds is 4. The number of aromatic nitrogens is 2. The molecule has 5 nitrogen and oxygen atoms in total. The molecule has 0 spiro atoms. The highest BCUT2D eigenvalue weighted by molar-refractivity contribution is 5.82. The summed E-state index contributed by atoms with van der Waals surface area (Å²) in [5.74, 6) is -1.17. The quantitative estimate of drug-likeness (QED) is 0.918. The van der Waals surface area contributed by atoms with E-state index in [-0.39, 0.29) is 0 Å². The number of anilines is 1.